The van der Waals surface area contributed by atoms with Crippen LogP contribution in [0.15, 0.2) is 0 Å². The van der Waals surface area contributed by atoms with Gasteiger partial charge in [0.2, 0.25) is 0 Å². The van der Waals surface area contributed by atoms with Crippen molar-refractivity contribution in [3.8, 4) is 0 Å². The fourth-order valence-corrected chi connectivity index (χ4v) is 3.55. The highest BCUT2D eigenvalue weighted by molar-refractivity contribution is 5.51. The van der Waals surface area contributed by atoms with Crippen molar-refractivity contribution in [2.45, 2.75) is 39.7 Å². The van der Waals surface area contributed by atoms with Gasteiger partial charge in [0, 0.05) is 25.2 Å². The third-order valence-electron chi connectivity index (χ3n) is 4.79. The van der Waals surface area contributed by atoms with Gasteiger partial charge in [-0.05, 0) is 44.1 Å². The normalized spacial score (nSPS) is 26.7. The zero-order valence-corrected chi connectivity index (χ0v) is 11.3. The van der Waals surface area contributed by atoms with Gasteiger partial charge < -0.3 is 10.6 Å². The molecule has 98 valence electrons. The average molecular weight is 246 g/mol. The molecule has 1 aliphatic carbocycles. The molecular weight excluding hydrogens is 224 g/mol. The Bertz CT molecular complexity index is 445. The maximum atomic E-state index is 5.91. The summed E-state index contributed by atoms with van der Waals surface area (Å²) in [6, 6.07) is 0. The van der Waals surface area contributed by atoms with Gasteiger partial charge in [-0.25, -0.2) is 0 Å². The highest BCUT2D eigenvalue weighted by atomic mass is 15.3. The van der Waals surface area contributed by atoms with Crippen molar-refractivity contribution in [3.63, 3.8) is 0 Å². The first-order valence-electron chi connectivity index (χ1n) is 6.98. The minimum atomic E-state index is 0.559. The second-order valence-corrected chi connectivity index (χ2v) is 5.77. The maximum absolute atomic E-state index is 5.91. The Morgan fingerprint density at radius 1 is 1.17 bits per heavy atom. The molecule has 1 saturated carbocycles. The lowest BCUT2D eigenvalue weighted by molar-refractivity contribution is 0.494. The fourth-order valence-electron chi connectivity index (χ4n) is 3.55. The van der Waals surface area contributed by atoms with Crippen LogP contribution in [0.25, 0.3) is 0 Å². The van der Waals surface area contributed by atoms with Gasteiger partial charge in [0.05, 0.1) is 5.69 Å². The molecule has 3 rings (SSSR count). The second kappa shape index (κ2) is 4.50. The van der Waals surface area contributed by atoms with E-state index in [-0.39, 0.29) is 0 Å². The third kappa shape index (κ3) is 1.79. The molecule has 2 unspecified atom stereocenters. The van der Waals surface area contributed by atoms with Crippen molar-refractivity contribution in [2.75, 3.05) is 18.0 Å². The molecule has 18 heavy (non-hydrogen) atoms. The summed E-state index contributed by atoms with van der Waals surface area (Å²) in [5.74, 6) is 2.79. The Kier molecular flexibility index (Phi) is 2.98. The van der Waals surface area contributed by atoms with E-state index >= 15 is 0 Å². The van der Waals surface area contributed by atoms with Crippen LogP contribution in [0.3, 0.4) is 0 Å². The topological polar surface area (TPSA) is 55.0 Å². The smallest absolute Gasteiger partial charge is 0.156 e. The molecule has 4 heteroatoms. The number of aryl methyl sites for hydroxylation is 1. The summed E-state index contributed by atoms with van der Waals surface area (Å²) in [7, 11) is 0. The van der Waals surface area contributed by atoms with Gasteiger partial charge in [0.1, 0.15) is 0 Å². The van der Waals surface area contributed by atoms with E-state index in [2.05, 4.69) is 22.0 Å². The van der Waals surface area contributed by atoms with Crippen molar-refractivity contribution in [1.29, 1.82) is 0 Å². The van der Waals surface area contributed by atoms with E-state index in [9.17, 15) is 0 Å². The summed E-state index contributed by atoms with van der Waals surface area (Å²) in [6.45, 7) is 6.96. The van der Waals surface area contributed by atoms with Crippen LogP contribution in [0.5, 0.6) is 0 Å². The molecule has 0 spiro atoms. The summed E-state index contributed by atoms with van der Waals surface area (Å²) < 4.78 is 0. The molecule has 2 aliphatic rings. The molecule has 0 amide bonds. The summed E-state index contributed by atoms with van der Waals surface area (Å²) in [6.07, 6.45) is 4.18. The van der Waals surface area contributed by atoms with Crippen molar-refractivity contribution in [2.24, 2.45) is 17.6 Å². The Morgan fingerprint density at radius 3 is 2.44 bits per heavy atom. The van der Waals surface area contributed by atoms with Crippen LogP contribution >= 0.6 is 0 Å². The lowest BCUT2D eigenvalue weighted by Gasteiger charge is -2.22. The van der Waals surface area contributed by atoms with Crippen LogP contribution in [0.4, 0.5) is 5.82 Å². The number of nitrogens with two attached hydrogens (primary N) is 1. The number of fused-ring (bicyclic) bond motifs is 1. The first-order valence-corrected chi connectivity index (χ1v) is 6.98. The van der Waals surface area contributed by atoms with Crippen LogP contribution in [0, 0.1) is 25.7 Å². The standard InChI is InChI=1S/C14H22N4/c1-9-10(2)16-17-14(13(9)6-15)18-7-11-4-3-5-12(11)8-18/h11-12H,3-8,15H2,1-2H3. The molecule has 1 saturated heterocycles. The molecule has 4 nitrogen and oxygen atoms in total. The number of anilines is 1. The minimum Gasteiger partial charge on any atom is -0.354 e. The number of hydrogen-bond donors (Lipinski definition) is 1. The molecule has 2 N–H and O–H groups in total. The predicted molar refractivity (Wildman–Crippen MR) is 72.4 cm³/mol. The third-order valence-corrected chi connectivity index (χ3v) is 4.79. The summed E-state index contributed by atoms with van der Waals surface area (Å²) >= 11 is 0. The van der Waals surface area contributed by atoms with Crippen molar-refractivity contribution >= 4 is 5.82 Å². The van der Waals surface area contributed by atoms with Crippen LogP contribution in [0.2, 0.25) is 0 Å². The molecule has 2 atom stereocenters. The first-order chi connectivity index (χ1) is 8.70. The van der Waals surface area contributed by atoms with E-state index < -0.39 is 0 Å². The van der Waals surface area contributed by atoms with E-state index in [1.165, 1.54) is 30.4 Å². The van der Waals surface area contributed by atoms with Crippen molar-refractivity contribution < 1.29 is 0 Å². The number of rotatable bonds is 2. The molecule has 0 radical (unpaired) electrons. The Hall–Kier alpha value is -1.16. The quantitative estimate of drug-likeness (QED) is 0.864. The molecule has 0 bridgehead atoms. The van der Waals surface area contributed by atoms with Crippen LogP contribution in [0.1, 0.15) is 36.1 Å². The van der Waals surface area contributed by atoms with Gasteiger partial charge in [-0.15, -0.1) is 5.10 Å². The minimum absolute atomic E-state index is 0.559. The summed E-state index contributed by atoms with van der Waals surface area (Å²) in [5, 5.41) is 8.69. The zero-order valence-electron chi connectivity index (χ0n) is 11.3. The molecule has 1 aromatic heterocycles. The Morgan fingerprint density at radius 2 is 1.83 bits per heavy atom. The largest absolute Gasteiger partial charge is 0.354 e. The van der Waals surface area contributed by atoms with E-state index in [1.54, 1.807) is 0 Å². The molecule has 2 fully saturated rings. The van der Waals surface area contributed by atoms with Gasteiger partial charge in [-0.2, -0.15) is 5.10 Å². The monoisotopic (exact) mass is 246 g/mol. The zero-order chi connectivity index (χ0) is 12.7. The number of nitrogens with zero attached hydrogens (tertiary/aromatic N) is 3. The first kappa shape index (κ1) is 11.9. The van der Waals surface area contributed by atoms with E-state index in [0.29, 0.717) is 6.54 Å². The summed E-state index contributed by atoms with van der Waals surface area (Å²) in [5.41, 5.74) is 9.30. The van der Waals surface area contributed by atoms with E-state index in [4.69, 9.17) is 5.73 Å². The van der Waals surface area contributed by atoms with Gasteiger partial charge in [0.25, 0.3) is 0 Å². The van der Waals surface area contributed by atoms with Crippen LogP contribution in [-0.4, -0.2) is 23.3 Å². The van der Waals surface area contributed by atoms with Gasteiger partial charge >= 0.3 is 0 Å². The Labute approximate surface area is 109 Å². The van der Waals surface area contributed by atoms with Crippen LogP contribution < -0.4 is 10.6 Å². The maximum Gasteiger partial charge on any atom is 0.156 e. The SMILES string of the molecule is Cc1nnc(N2CC3CCCC3C2)c(CN)c1C. The lowest BCUT2D eigenvalue weighted by Crippen LogP contribution is -2.25. The van der Waals surface area contributed by atoms with E-state index in [0.717, 1.165) is 36.4 Å². The van der Waals surface area contributed by atoms with Gasteiger partial charge in [0.15, 0.2) is 5.82 Å². The number of hydrogen-bond acceptors (Lipinski definition) is 4. The van der Waals surface area contributed by atoms with Crippen molar-refractivity contribution in [1.82, 2.24) is 10.2 Å². The van der Waals surface area contributed by atoms with Crippen LogP contribution in [-0.2, 0) is 6.54 Å². The average Bonchev–Trinajstić information content (AvgIpc) is 2.92. The lowest BCUT2D eigenvalue weighted by atomic mass is 10.0. The Balaban J connectivity index is 1.91. The summed E-state index contributed by atoms with van der Waals surface area (Å²) in [4.78, 5) is 2.41. The predicted octanol–water partition coefficient (Wildman–Crippen LogP) is 1.79. The van der Waals surface area contributed by atoms with Gasteiger partial charge in [-0.1, -0.05) is 6.42 Å². The highest BCUT2D eigenvalue weighted by Crippen LogP contribution is 2.39. The number of aromatic nitrogens is 2. The molecule has 1 aromatic rings. The molecule has 1 aliphatic heterocycles. The van der Waals surface area contributed by atoms with Crippen molar-refractivity contribution in [3.05, 3.63) is 16.8 Å². The highest BCUT2D eigenvalue weighted by Gasteiger charge is 2.37. The van der Waals surface area contributed by atoms with E-state index in [1.807, 2.05) is 6.92 Å². The molecule has 2 heterocycles. The molecular formula is C14H22N4. The second-order valence-electron chi connectivity index (χ2n) is 5.77. The van der Waals surface area contributed by atoms with Gasteiger partial charge in [-0.3, -0.25) is 0 Å². The molecule has 0 aromatic carbocycles. The fraction of sp³-hybridized carbons (Fsp3) is 0.714.